The quantitative estimate of drug-likeness (QED) is 0.625. The van der Waals surface area contributed by atoms with E-state index in [4.69, 9.17) is 4.74 Å². The SMILES string of the molecule is O=C(c1ccc(N2CCCCC2)nn1)N1CCC(COc2ccc3nccn3n2)CC1. The minimum absolute atomic E-state index is 0.0377. The summed E-state index contributed by atoms with van der Waals surface area (Å²) < 4.78 is 7.59. The molecule has 5 rings (SSSR count). The third kappa shape index (κ3) is 4.45. The van der Waals surface area contributed by atoms with Crippen LogP contribution in [-0.2, 0) is 0 Å². The Balaban J connectivity index is 1.11. The number of carbonyl (C=O) groups excluding carboxylic acids is 1. The molecule has 2 aliphatic heterocycles. The van der Waals surface area contributed by atoms with Crippen LogP contribution in [0, 0.1) is 5.92 Å². The predicted octanol–water partition coefficient (Wildman–Crippen LogP) is 2.44. The van der Waals surface area contributed by atoms with Crippen molar-refractivity contribution < 1.29 is 9.53 Å². The van der Waals surface area contributed by atoms with Gasteiger partial charge in [0.15, 0.2) is 17.2 Å². The van der Waals surface area contributed by atoms with Crippen LogP contribution in [0.15, 0.2) is 36.7 Å². The molecule has 2 aliphatic rings. The Hall–Kier alpha value is -3.23. The van der Waals surface area contributed by atoms with E-state index < -0.39 is 0 Å². The van der Waals surface area contributed by atoms with Crippen molar-refractivity contribution in [1.82, 2.24) is 29.7 Å². The molecule has 0 aliphatic carbocycles. The van der Waals surface area contributed by atoms with Gasteiger partial charge < -0.3 is 14.5 Å². The second kappa shape index (κ2) is 8.87. The van der Waals surface area contributed by atoms with Crippen molar-refractivity contribution in [2.75, 3.05) is 37.7 Å². The van der Waals surface area contributed by atoms with Gasteiger partial charge in [0.05, 0.1) is 6.61 Å². The third-order valence-electron chi connectivity index (χ3n) is 6.15. The van der Waals surface area contributed by atoms with E-state index in [-0.39, 0.29) is 5.91 Å². The molecule has 2 saturated heterocycles. The molecule has 1 amide bonds. The maximum Gasteiger partial charge on any atom is 0.274 e. The first-order valence-corrected chi connectivity index (χ1v) is 11.1. The number of aromatic nitrogens is 5. The fourth-order valence-corrected chi connectivity index (χ4v) is 4.27. The zero-order valence-corrected chi connectivity index (χ0v) is 17.6. The molecule has 0 saturated carbocycles. The van der Waals surface area contributed by atoms with Gasteiger partial charge in [-0.15, -0.1) is 15.3 Å². The minimum atomic E-state index is -0.0377. The average Bonchev–Trinajstić information content (AvgIpc) is 3.31. The van der Waals surface area contributed by atoms with E-state index in [9.17, 15) is 4.79 Å². The lowest BCUT2D eigenvalue weighted by Gasteiger charge is -2.31. The zero-order chi connectivity index (χ0) is 21.0. The van der Waals surface area contributed by atoms with Crippen molar-refractivity contribution >= 4 is 17.4 Å². The number of ether oxygens (including phenoxy) is 1. The molecule has 3 aromatic heterocycles. The summed E-state index contributed by atoms with van der Waals surface area (Å²) in [5.41, 5.74) is 1.22. The highest BCUT2D eigenvalue weighted by Gasteiger charge is 2.25. The molecule has 2 fully saturated rings. The fourth-order valence-electron chi connectivity index (χ4n) is 4.27. The number of piperidine rings is 2. The van der Waals surface area contributed by atoms with Gasteiger partial charge in [-0.3, -0.25) is 4.79 Å². The molecular weight excluding hydrogens is 394 g/mol. The van der Waals surface area contributed by atoms with Crippen LogP contribution in [0.4, 0.5) is 5.82 Å². The van der Waals surface area contributed by atoms with Crippen molar-refractivity contribution in [3.05, 3.63) is 42.4 Å². The molecule has 3 aromatic rings. The van der Waals surface area contributed by atoms with Crippen molar-refractivity contribution in [3.63, 3.8) is 0 Å². The summed E-state index contributed by atoms with van der Waals surface area (Å²) in [6.45, 7) is 4.04. The number of imidazole rings is 1. The van der Waals surface area contributed by atoms with Gasteiger partial charge in [0, 0.05) is 44.6 Å². The highest BCUT2D eigenvalue weighted by molar-refractivity contribution is 5.92. The molecule has 5 heterocycles. The molecule has 0 bridgehead atoms. The lowest BCUT2D eigenvalue weighted by atomic mass is 9.97. The molecule has 162 valence electrons. The first-order chi connectivity index (χ1) is 15.3. The minimum Gasteiger partial charge on any atom is -0.476 e. The van der Waals surface area contributed by atoms with Gasteiger partial charge in [-0.05, 0) is 56.2 Å². The molecule has 9 heteroatoms. The smallest absolute Gasteiger partial charge is 0.274 e. The van der Waals surface area contributed by atoms with Gasteiger partial charge in [0.25, 0.3) is 5.91 Å². The summed E-state index contributed by atoms with van der Waals surface area (Å²) in [5, 5.41) is 12.9. The molecule has 0 N–H and O–H groups in total. The van der Waals surface area contributed by atoms with E-state index in [1.807, 2.05) is 29.2 Å². The normalized spacial score (nSPS) is 17.8. The lowest BCUT2D eigenvalue weighted by Crippen LogP contribution is -2.40. The van der Waals surface area contributed by atoms with Gasteiger partial charge in [0.2, 0.25) is 5.88 Å². The first-order valence-electron chi connectivity index (χ1n) is 11.1. The number of fused-ring (bicyclic) bond motifs is 1. The molecule has 0 spiro atoms. The van der Waals surface area contributed by atoms with Crippen LogP contribution in [0.3, 0.4) is 0 Å². The molecule has 0 atom stereocenters. The highest BCUT2D eigenvalue weighted by atomic mass is 16.5. The topological polar surface area (TPSA) is 88.8 Å². The number of nitrogens with zero attached hydrogens (tertiary/aromatic N) is 7. The largest absolute Gasteiger partial charge is 0.476 e. The molecule has 0 aromatic carbocycles. The van der Waals surface area contributed by atoms with E-state index in [1.165, 1.54) is 19.3 Å². The molecular formula is C22H27N7O2. The second-order valence-corrected chi connectivity index (χ2v) is 8.27. The van der Waals surface area contributed by atoms with E-state index in [1.54, 1.807) is 16.9 Å². The van der Waals surface area contributed by atoms with Crippen LogP contribution in [0.2, 0.25) is 0 Å². The summed E-state index contributed by atoms with van der Waals surface area (Å²) in [4.78, 5) is 21.1. The second-order valence-electron chi connectivity index (χ2n) is 8.27. The standard InChI is InChI=1S/C22H27N7O2/c30-22(18-4-5-20(25-24-18)27-11-2-1-3-12-27)28-13-8-17(9-14-28)16-31-21-7-6-19-23-10-15-29(19)26-21/h4-7,10,15,17H,1-3,8-9,11-14,16H2. The van der Waals surface area contributed by atoms with E-state index in [0.29, 0.717) is 37.2 Å². The van der Waals surface area contributed by atoms with Gasteiger partial charge >= 0.3 is 0 Å². The Morgan fingerprint density at radius 2 is 1.84 bits per heavy atom. The number of anilines is 1. The Kier molecular flexibility index (Phi) is 5.64. The van der Waals surface area contributed by atoms with Crippen LogP contribution >= 0.6 is 0 Å². The Morgan fingerprint density at radius 1 is 1.00 bits per heavy atom. The fraction of sp³-hybridized carbons (Fsp3) is 0.500. The third-order valence-corrected chi connectivity index (χ3v) is 6.15. The monoisotopic (exact) mass is 421 g/mol. The van der Waals surface area contributed by atoms with E-state index in [0.717, 1.165) is 37.4 Å². The molecule has 31 heavy (non-hydrogen) atoms. The first kappa shape index (κ1) is 19.7. The average molecular weight is 422 g/mol. The number of amides is 1. The van der Waals surface area contributed by atoms with Gasteiger partial charge in [0.1, 0.15) is 0 Å². The molecule has 0 unspecified atom stereocenters. The maximum absolute atomic E-state index is 12.8. The molecule has 9 nitrogen and oxygen atoms in total. The van der Waals surface area contributed by atoms with Crippen LogP contribution in [-0.4, -0.2) is 68.4 Å². The van der Waals surface area contributed by atoms with Gasteiger partial charge in [-0.1, -0.05) is 0 Å². The van der Waals surface area contributed by atoms with Crippen LogP contribution in [0.25, 0.3) is 5.65 Å². The van der Waals surface area contributed by atoms with Crippen LogP contribution < -0.4 is 9.64 Å². The lowest BCUT2D eigenvalue weighted by molar-refractivity contribution is 0.0652. The van der Waals surface area contributed by atoms with Crippen LogP contribution in [0.1, 0.15) is 42.6 Å². The van der Waals surface area contributed by atoms with Crippen molar-refractivity contribution in [1.29, 1.82) is 0 Å². The maximum atomic E-state index is 12.8. The highest BCUT2D eigenvalue weighted by Crippen LogP contribution is 2.21. The summed E-state index contributed by atoms with van der Waals surface area (Å²) in [6, 6.07) is 7.47. The number of rotatable bonds is 5. The summed E-state index contributed by atoms with van der Waals surface area (Å²) in [7, 11) is 0. The van der Waals surface area contributed by atoms with Crippen LogP contribution in [0.5, 0.6) is 5.88 Å². The number of carbonyl (C=O) groups is 1. The zero-order valence-electron chi connectivity index (χ0n) is 17.6. The van der Waals surface area contributed by atoms with E-state index >= 15 is 0 Å². The van der Waals surface area contributed by atoms with Crippen molar-refractivity contribution in [2.24, 2.45) is 5.92 Å². The Labute approximate surface area is 181 Å². The summed E-state index contributed by atoms with van der Waals surface area (Å²) >= 11 is 0. The predicted molar refractivity (Wildman–Crippen MR) is 115 cm³/mol. The number of likely N-dealkylation sites (tertiary alicyclic amines) is 1. The summed E-state index contributed by atoms with van der Waals surface area (Å²) in [6.07, 6.45) is 8.97. The summed E-state index contributed by atoms with van der Waals surface area (Å²) in [5.74, 6) is 1.82. The van der Waals surface area contributed by atoms with E-state index in [2.05, 4.69) is 25.2 Å². The van der Waals surface area contributed by atoms with Crippen molar-refractivity contribution in [3.8, 4) is 5.88 Å². The van der Waals surface area contributed by atoms with Gasteiger partial charge in [-0.2, -0.15) is 0 Å². The number of hydrogen-bond acceptors (Lipinski definition) is 7. The number of hydrogen-bond donors (Lipinski definition) is 0. The Morgan fingerprint density at radius 3 is 2.61 bits per heavy atom. The van der Waals surface area contributed by atoms with Gasteiger partial charge in [-0.25, -0.2) is 9.50 Å². The molecule has 0 radical (unpaired) electrons. The Bertz CT molecular complexity index is 1020. The van der Waals surface area contributed by atoms with Crippen molar-refractivity contribution in [2.45, 2.75) is 32.1 Å².